The number of amides is 3. The predicted molar refractivity (Wildman–Crippen MR) is 172 cm³/mol. The van der Waals surface area contributed by atoms with E-state index in [2.05, 4.69) is 15.8 Å². The molecule has 1 aromatic heterocycles. The van der Waals surface area contributed by atoms with Gasteiger partial charge in [-0.25, -0.2) is 12.8 Å². The molecule has 2 N–H and O–H groups in total. The van der Waals surface area contributed by atoms with Gasteiger partial charge in [-0.3, -0.25) is 14.4 Å². The maximum atomic E-state index is 14.8. The number of hydrogen-bond donors (Lipinski definition) is 2. The maximum Gasteiger partial charge on any atom is 0.254 e. The van der Waals surface area contributed by atoms with Crippen LogP contribution in [0.4, 0.5) is 4.39 Å². The van der Waals surface area contributed by atoms with Crippen LogP contribution in [-0.2, 0) is 39.1 Å². The molecule has 2 aliphatic rings. The summed E-state index contributed by atoms with van der Waals surface area (Å²) in [5.41, 5.74) is 1.34. The van der Waals surface area contributed by atoms with E-state index >= 15 is 0 Å². The van der Waals surface area contributed by atoms with Crippen LogP contribution in [0.25, 0.3) is 0 Å². The molecule has 3 amide bonds. The molecule has 3 heterocycles. The van der Waals surface area contributed by atoms with E-state index in [1.807, 2.05) is 13.8 Å². The SMILES string of the molecule is CCCc1cc(CNC(=O)c2cc3cc(c2)C(=O)N(CCC)CC(=O)N[C@@H]2CN(S(=O)(=O)CC)C[C@H]2OCc2cc(F)cc(c2)O3)on1. The number of benzene rings is 2. The number of carbonyl (C=O) groups is 3. The van der Waals surface area contributed by atoms with Crippen molar-refractivity contribution in [1.29, 1.82) is 0 Å². The molecule has 2 aliphatic heterocycles. The number of aryl methyl sites for hydroxylation is 1. The highest BCUT2D eigenvalue weighted by molar-refractivity contribution is 7.89. The molecule has 258 valence electrons. The van der Waals surface area contributed by atoms with Crippen LogP contribution < -0.4 is 15.4 Å². The van der Waals surface area contributed by atoms with Gasteiger partial charge in [-0.2, -0.15) is 4.31 Å². The molecule has 4 bridgehead atoms. The molecule has 2 atom stereocenters. The van der Waals surface area contributed by atoms with E-state index in [0.29, 0.717) is 17.7 Å². The molecule has 48 heavy (non-hydrogen) atoms. The Balaban J connectivity index is 1.47. The number of nitrogens with zero attached hydrogens (tertiary/aromatic N) is 3. The molecule has 3 aromatic rings. The van der Waals surface area contributed by atoms with Crippen LogP contribution in [-0.4, -0.2) is 84.6 Å². The Hall–Kier alpha value is -4.34. The van der Waals surface area contributed by atoms with Crippen LogP contribution in [0.5, 0.6) is 11.5 Å². The summed E-state index contributed by atoms with van der Waals surface area (Å²) in [6.07, 6.45) is 1.43. The third-order valence-corrected chi connectivity index (χ3v) is 9.85. The monoisotopic (exact) mass is 685 g/mol. The Morgan fingerprint density at radius 2 is 1.83 bits per heavy atom. The summed E-state index contributed by atoms with van der Waals surface area (Å²) >= 11 is 0. The molecule has 0 unspecified atom stereocenters. The number of nitrogens with one attached hydrogen (secondary N) is 2. The topological polar surface area (TPSA) is 160 Å². The van der Waals surface area contributed by atoms with Crippen LogP contribution in [0.3, 0.4) is 0 Å². The molecule has 13 nitrogen and oxygen atoms in total. The van der Waals surface area contributed by atoms with Crippen LogP contribution in [0.15, 0.2) is 47.0 Å². The van der Waals surface area contributed by atoms with Crippen LogP contribution in [0, 0.1) is 5.82 Å². The highest BCUT2D eigenvalue weighted by Crippen LogP contribution is 2.28. The average Bonchev–Trinajstić information content (AvgIpc) is 3.68. The molecular weight excluding hydrogens is 645 g/mol. The van der Waals surface area contributed by atoms with E-state index in [0.717, 1.165) is 24.6 Å². The van der Waals surface area contributed by atoms with Gasteiger partial charge in [-0.15, -0.1) is 0 Å². The Morgan fingerprint density at radius 1 is 1.04 bits per heavy atom. The zero-order valence-corrected chi connectivity index (χ0v) is 28.0. The standard InChI is InChI=1S/C33H40FN5O8S/c1-4-7-25-15-28(47-37-25)16-35-32(41)22-11-23-13-27(12-22)46-26-10-21(9-24(34)14-26)20-45-30-18-39(48(43,44)6-3)17-29(30)36-31(40)19-38(8-5-2)33(23)42/h9-15,29-30H,4-8,16-20H2,1-3H3,(H,35,41)(H,36,40)/t29-,30-/m1/s1. The smallest absolute Gasteiger partial charge is 0.254 e. The number of halogens is 1. The number of sulfonamides is 1. The van der Waals surface area contributed by atoms with Gasteiger partial charge >= 0.3 is 0 Å². The first-order valence-electron chi connectivity index (χ1n) is 16.0. The first-order chi connectivity index (χ1) is 23.0. The molecule has 0 aliphatic carbocycles. The molecule has 0 radical (unpaired) electrons. The minimum Gasteiger partial charge on any atom is -0.457 e. The van der Waals surface area contributed by atoms with Crippen LogP contribution in [0.2, 0.25) is 0 Å². The van der Waals surface area contributed by atoms with Crippen molar-refractivity contribution in [3.63, 3.8) is 0 Å². The number of rotatable bonds is 9. The lowest BCUT2D eigenvalue weighted by molar-refractivity contribution is -0.123. The number of aromatic nitrogens is 1. The molecule has 1 saturated heterocycles. The van der Waals surface area contributed by atoms with E-state index in [-0.39, 0.29) is 67.7 Å². The molecule has 2 aromatic carbocycles. The lowest BCUT2D eigenvalue weighted by atomic mass is 10.1. The first-order valence-corrected chi connectivity index (χ1v) is 17.6. The number of fused-ring (bicyclic) bond motifs is 5. The zero-order chi connectivity index (χ0) is 34.4. The fraction of sp³-hybridized carbons (Fsp3) is 0.455. The second-order valence-corrected chi connectivity index (χ2v) is 14.1. The molecule has 0 spiro atoms. The van der Waals surface area contributed by atoms with Crippen LogP contribution >= 0.6 is 0 Å². The summed E-state index contributed by atoms with van der Waals surface area (Å²) in [7, 11) is -3.59. The van der Waals surface area contributed by atoms with Gasteiger partial charge in [0.15, 0.2) is 5.76 Å². The van der Waals surface area contributed by atoms with E-state index in [9.17, 15) is 27.2 Å². The number of hydrogen-bond acceptors (Lipinski definition) is 9. The number of carbonyl (C=O) groups excluding carboxylic acids is 3. The first kappa shape index (κ1) is 35.0. The summed E-state index contributed by atoms with van der Waals surface area (Å²) in [4.78, 5) is 41.9. The Morgan fingerprint density at radius 3 is 2.58 bits per heavy atom. The predicted octanol–water partition coefficient (Wildman–Crippen LogP) is 3.39. The van der Waals surface area contributed by atoms with E-state index < -0.39 is 45.7 Å². The molecular formula is C33H40FN5O8S. The maximum absolute atomic E-state index is 14.8. The third kappa shape index (κ3) is 8.57. The van der Waals surface area contributed by atoms with E-state index in [1.165, 1.54) is 40.4 Å². The molecule has 1 fully saturated rings. The lowest BCUT2D eigenvalue weighted by Crippen LogP contribution is -2.49. The summed E-state index contributed by atoms with van der Waals surface area (Å²) in [6, 6.07) is 9.29. The van der Waals surface area contributed by atoms with Crippen molar-refractivity contribution in [2.24, 2.45) is 0 Å². The van der Waals surface area contributed by atoms with Gasteiger partial charge in [-0.05, 0) is 55.7 Å². The van der Waals surface area contributed by atoms with Gasteiger partial charge in [0.2, 0.25) is 15.9 Å². The highest BCUT2D eigenvalue weighted by atomic mass is 32.2. The Labute approximate surface area is 278 Å². The number of ether oxygens (including phenoxy) is 2. The lowest BCUT2D eigenvalue weighted by Gasteiger charge is -2.25. The molecule has 0 saturated carbocycles. The summed E-state index contributed by atoms with van der Waals surface area (Å²) in [5.74, 6) is -1.65. The van der Waals surface area contributed by atoms with Gasteiger partial charge in [0.1, 0.15) is 17.3 Å². The summed E-state index contributed by atoms with van der Waals surface area (Å²) in [6.45, 7) is 5.25. The largest absolute Gasteiger partial charge is 0.457 e. The second-order valence-electron chi connectivity index (χ2n) is 11.8. The molecule has 15 heteroatoms. The summed E-state index contributed by atoms with van der Waals surface area (Å²) < 4.78 is 58.8. The van der Waals surface area contributed by atoms with Crippen molar-refractivity contribution in [1.82, 2.24) is 25.0 Å². The normalized spacial score (nSPS) is 19.0. The van der Waals surface area contributed by atoms with E-state index in [4.69, 9.17) is 14.0 Å². The Kier molecular flexibility index (Phi) is 11.1. The third-order valence-electron chi connectivity index (χ3n) is 8.04. The molecule has 5 rings (SSSR count). The second kappa shape index (κ2) is 15.3. The quantitative estimate of drug-likeness (QED) is 0.344. The van der Waals surface area contributed by atoms with Gasteiger partial charge in [0.25, 0.3) is 11.8 Å². The average molecular weight is 686 g/mol. The van der Waals surface area contributed by atoms with Gasteiger partial charge in [0, 0.05) is 42.9 Å². The van der Waals surface area contributed by atoms with Crippen molar-refractivity contribution in [2.75, 3.05) is 31.9 Å². The van der Waals surface area contributed by atoms with Gasteiger partial charge in [0.05, 0.1) is 43.3 Å². The minimum atomic E-state index is -3.59. The van der Waals surface area contributed by atoms with E-state index in [1.54, 1.807) is 12.1 Å². The van der Waals surface area contributed by atoms with Gasteiger partial charge < -0.3 is 29.5 Å². The van der Waals surface area contributed by atoms with Crippen LogP contribution in [0.1, 0.15) is 71.3 Å². The van der Waals surface area contributed by atoms with Crippen molar-refractivity contribution < 1.29 is 41.2 Å². The zero-order valence-electron chi connectivity index (χ0n) is 27.2. The van der Waals surface area contributed by atoms with Crippen molar-refractivity contribution in [2.45, 2.75) is 65.3 Å². The highest BCUT2D eigenvalue weighted by Gasteiger charge is 2.40. The minimum absolute atomic E-state index is 0.00312. The summed E-state index contributed by atoms with van der Waals surface area (Å²) in [5, 5.41) is 9.61. The fourth-order valence-electron chi connectivity index (χ4n) is 5.68. The Bertz CT molecular complexity index is 1760. The van der Waals surface area contributed by atoms with Crippen molar-refractivity contribution >= 4 is 27.7 Å². The van der Waals surface area contributed by atoms with Crippen molar-refractivity contribution in [3.8, 4) is 11.5 Å². The van der Waals surface area contributed by atoms with Crippen molar-refractivity contribution in [3.05, 3.63) is 76.4 Å². The van der Waals surface area contributed by atoms with Gasteiger partial charge in [-0.1, -0.05) is 25.4 Å². The fourth-order valence-corrected chi connectivity index (χ4v) is 6.81.